The molecule has 0 saturated carbocycles. The molecule has 0 fully saturated rings. The van der Waals surface area contributed by atoms with Crippen LogP contribution in [-0.2, 0) is 5.41 Å². The molecule has 330 valence electrons. The summed E-state index contributed by atoms with van der Waals surface area (Å²) >= 11 is 8.93. The van der Waals surface area contributed by atoms with E-state index in [4.69, 9.17) is 13.5 Å². The third-order valence-electron chi connectivity index (χ3n) is 13.5. The monoisotopic (exact) mass is 1010 g/mol. The van der Waals surface area contributed by atoms with Gasteiger partial charge in [0.05, 0.1) is 18.3 Å². The lowest BCUT2D eigenvalue weighted by molar-refractivity contribution is 0.302. The van der Waals surface area contributed by atoms with Crippen molar-refractivity contribution in [2.24, 2.45) is 0 Å². The Kier molecular flexibility index (Phi) is 13.5. The Balaban J connectivity index is 0.822. The van der Waals surface area contributed by atoms with Crippen molar-refractivity contribution < 1.29 is 4.74 Å². The number of rotatable bonds is 18. The highest BCUT2D eigenvalue weighted by atomic mass is 79.9. The van der Waals surface area contributed by atoms with E-state index in [0.717, 1.165) is 79.7 Å². The zero-order chi connectivity index (χ0) is 44.9. The molecule has 66 heavy (non-hydrogen) atoms. The molecule has 7 heteroatoms. The molecule has 0 bridgehead atoms. The van der Waals surface area contributed by atoms with Gasteiger partial charge in [-0.3, -0.25) is 0 Å². The predicted octanol–water partition coefficient (Wildman–Crippen LogP) is 18.4. The van der Waals surface area contributed by atoms with Gasteiger partial charge in [0.25, 0.3) is 0 Å². The largest absolute Gasteiger partial charge is 0.494 e. The van der Waals surface area contributed by atoms with Gasteiger partial charge in [-0.15, -0.1) is 0 Å². The van der Waals surface area contributed by atoms with Crippen LogP contribution in [0.3, 0.4) is 0 Å². The van der Waals surface area contributed by atoms with Crippen molar-refractivity contribution in [3.63, 3.8) is 0 Å². The molecule has 0 unspecified atom stereocenters. The van der Waals surface area contributed by atoms with E-state index >= 15 is 0 Å². The molecule has 1 aliphatic rings. The zero-order valence-corrected chi connectivity index (χ0v) is 41.3. The first kappa shape index (κ1) is 44.2. The molecule has 1 aromatic heterocycles. The molecule has 0 spiro atoms. The second-order valence-electron chi connectivity index (χ2n) is 17.6. The minimum atomic E-state index is 0.0512. The van der Waals surface area contributed by atoms with Crippen molar-refractivity contribution in [3.05, 3.63) is 190 Å². The number of fused-ring (bicyclic) bond motifs is 5. The van der Waals surface area contributed by atoms with Crippen LogP contribution in [0.2, 0.25) is 0 Å². The molecule has 0 atom stereocenters. The van der Waals surface area contributed by atoms with Gasteiger partial charge in [-0.05, 0) is 136 Å². The summed E-state index contributed by atoms with van der Waals surface area (Å²) in [6, 6.07) is 61.0. The molecule has 1 heterocycles. The van der Waals surface area contributed by atoms with Crippen LogP contribution in [0.4, 0.5) is 17.1 Å². The van der Waals surface area contributed by atoms with Gasteiger partial charge in [0, 0.05) is 42.5 Å². The van der Waals surface area contributed by atoms with Crippen LogP contribution in [0.15, 0.2) is 179 Å². The van der Waals surface area contributed by atoms with Crippen LogP contribution in [0.5, 0.6) is 5.75 Å². The van der Waals surface area contributed by atoms with Gasteiger partial charge in [0.15, 0.2) is 0 Å². The van der Waals surface area contributed by atoms with E-state index in [1.54, 1.807) is 0 Å². The first-order valence-corrected chi connectivity index (χ1v) is 25.9. The Morgan fingerprint density at radius 1 is 0.500 bits per heavy atom. The molecule has 9 aromatic rings. The first-order chi connectivity index (χ1) is 32.5. The minimum Gasteiger partial charge on any atom is -0.494 e. The van der Waals surface area contributed by atoms with E-state index in [0.29, 0.717) is 6.61 Å². The molecule has 1 aliphatic carbocycles. The highest BCUT2D eigenvalue weighted by molar-refractivity contribution is 9.10. The normalized spacial score (nSPS) is 12.7. The number of para-hydroxylation sites is 2. The summed E-state index contributed by atoms with van der Waals surface area (Å²) in [5, 5.41) is 2.32. The predicted molar refractivity (Wildman–Crippen MR) is 286 cm³/mol. The Bertz CT molecular complexity index is 2990. The Labute approximate surface area is 410 Å². The van der Waals surface area contributed by atoms with Crippen LogP contribution < -0.4 is 9.64 Å². The summed E-state index contributed by atoms with van der Waals surface area (Å²) in [6.45, 7) is 3.01. The van der Waals surface area contributed by atoms with E-state index in [1.807, 2.05) is 0 Å². The minimum absolute atomic E-state index is 0.0512. The van der Waals surface area contributed by atoms with Crippen LogP contribution >= 0.6 is 43.6 Å². The first-order valence-electron chi connectivity index (χ1n) is 23.5. The number of benzene rings is 8. The van der Waals surface area contributed by atoms with Crippen molar-refractivity contribution in [1.29, 1.82) is 0 Å². The van der Waals surface area contributed by atoms with Crippen molar-refractivity contribution in [1.82, 2.24) is 8.75 Å². The lowest BCUT2D eigenvalue weighted by atomic mass is 9.70. The SMILES string of the molecule is CCCCCCC1(CCCCCCOc2ccc(-c3c4ccccc4c(-c4ccc(N(c5ccccc5)c5ccccc5)cc4)c4nsnc34)cc2)c2cc(Br)ccc2-c2ccc(Br)cc21. The number of aromatic nitrogens is 2. The second kappa shape index (κ2) is 20.1. The van der Waals surface area contributed by atoms with Gasteiger partial charge in [-0.2, -0.15) is 8.75 Å². The summed E-state index contributed by atoms with van der Waals surface area (Å²) in [4.78, 5) is 2.29. The summed E-state index contributed by atoms with van der Waals surface area (Å²) in [5.74, 6) is 0.897. The van der Waals surface area contributed by atoms with Gasteiger partial charge in [0.1, 0.15) is 16.8 Å². The molecule has 0 saturated heterocycles. The van der Waals surface area contributed by atoms with Gasteiger partial charge in [-0.1, -0.05) is 181 Å². The highest BCUT2D eigenvalue weighted by Gasteiger charge is 2.42. The van der Waals surface area contributed by atoms with Gasteiger partial charge in [-0.25, -0.2) is 0 Å². The van der Waals surface area contributed by atoms with E-state index in [1.165, 1.54) is 94.3 Å². The standard InChI is InChI=1S/C59H53Br2N3OS/c1-2-3-4-15-36-59(53-39-43(60)28-34-49(53)50-35-29-44(61)40-54(50)59)37-16-5-6-17-38-65-48-32-26-42(27-33-48)56-52-23-14-13-22-51(52)55(57-58(56)63-66-62-57)41-24-30-47(31-25-41)64(45-18-9-7-10-19-45)46-20-11-8-12-21-46/h7-14,18-35,39-40H,2-6,15-17,36-38H2,1H3. The van der Waals surface area contributed by atoms with E-state index in [-0.39, 0.29) is 5.41 Å². The maximum atomic E-state index is 6.37. The Morgan fingerprint density at radius 3 is 1.50 bits per heavy atom. The number of ether oxygens (including phenoxy) is 1. The van der Waals surface area contributed by atoms with E-state index in [9.17, 15) is 0 Å². The maximum absolute atomic E-state index is 6.37. The van der Waals surface area contributed by atoms with Gasteiger partial charge < -0.3 is 9.64 Å². The average molecular weight is 1010 g/mol. The van der Waals surface area contributed by atoms with Crippen molar-refractivity contribution in [3.8, 4) is 39.1 Å². The molecule has 0 radical (unpaired) electrons. The molecule has 4 nitrogen and oxygen atoms in total. The average Bonchev–Trinajstić information content (AvgIpc) is 3.94. The smallest absolute Gasteiger partial charge is 0.119 e. The number of halogens is 2. The van der Waals surface area contributed by atoms with Crippen LogP contribution in [0.25, 0.3) is 55.2 Å². The zero-order valence-electron chi connectivity index (χ0n) is 37.4. The van der Waals surface area contributed by atoms with Crippen LogP contribution in [0.1, 0.15) is 82.3 Å². The molecular weight excluding hydrogens is 959 g/mol. The van der Waals surface area contributed by atoms with Crippen molar-refractivity contribution >= 4 is 82.5 Å². The molecule has 0 amide bonds. The van der Waals surface area contributed by atoms with Crippen molar-refractivity contribution in [2.75, 3.05) is 11.5 Å². The summed E-state index contributed by atoms with van der Waals surface area (Å²) < 4.78 is 18.6. The summed E-state index contributed by atoms with van der Waals surface area (Å²) in [5.41, 5.74) is 15.5. The maximum Gasteiger partial charge on any atom is 0.119 e. The fourth-order valence-electron chi connectivity index (χ4n) is 10.4. The number of nitrogens with zero attached hydrogens (tertiary/aromatic N) is 3. The van der Waals surface area contributed by atoms with Crippen molar-refractivity contribution in [2.45, 2.75) is 76.5 Å². The van der Waals surface area contributed by atoms with Crippen LogP contribution in [-0.4, -0.2) is 15.4 Å². The van der Waals surface area contributed by atoms with Crippen LogP contribution in [0, 0.1) is 0 Å². The quantitative estimate of drug-likeness (QED) is 0.0803. The van der Waals surface area contributed by atoms with E-state index in [2.05, 4.69) is 214 Å². The van der Waals surface area contributed by atoms with E-state index < -0.39 is 0 Å². The van der Waals surface area contributed by atoms with Gasteiger partial charge >= 0.3 is 0 Å². The molecular formula is C59H53Br2N3OS. The number of hydrogen-bond acceptors (Lipinski definition) is 5. The molecule has 8 aromatic carbocycles. The van der Waals surface area contributed by atoms with Gasteiger partial charge in [0.2, 0.25) is 0 Å². The summed E-state index contributed by atoms with van der Waals surface area (Å²) in [7, 11) is 0. The second-order valence-corrected chi connectivity index (χ2v) is 20.0. The molecule has 10 rings (SSSR count). The lowest BCUT2D eigenvalue weighted by Crippen LogP contribution is -2.25. The number of unbranched alkanes of at least 4 members (excludes halogenated alkanes) is 6. The summed E-state index contributed by atoms with van der Waals surface area (Å²) in [6.07, 6.45) is 12.0. The lowest BCUT2D eigenvalue weighted by Gasteiger charge is -2.33. The number of hydrogen-bond donors (Lipinski definition) is 0. The fourth-order valence-corrected chi connectivity index (χ4v) is 11.7. The Hall–Kier alpha value is -5.60. The molecule has 0 aliphatic heterocycles. The molecule has 0 N–H and O–H groups in total. The fraction of sp³-hybridized carbons (Fsp3) is 0.220. The third-order valence-corrected chi connectivity index (χ3v) is 15.0. The number of anilines is 3. The third kappa shape index (κ3) is 8.86. The highest BCUT2D eigenvalue weighted by Crippen LogP contribution is 2.55. The Morgan fingerprint density at radius 2 is 0.970 bits per heavy atom. The topological polar surface area (TPSA) is 38.2 Å².